The first-order chi connectivity index (χ1) is 5.11. The lowest BCUT2D eigenvalue weighted by atomic mass is 10.3. The fourth-order valence-electron chi connectivity index (χ4n) is 0.881. The Hall–Kier alpha value is -0.540. The number of hydrogen-bond donors (Lipinski definition) is 1. The third-order valence-electron chi connectivity index (χ3n) is 1.50. The molecule has 3 nitrogen and oxygen atoms in total. The van der Waals surface area contributed by atoms with Gasteiger partial charge in [-0.15, -0.1) is 0 Å². The second-order valence-electron chi connectivity index (χ2n) is 2.74. The van der Waals surface area contributed by atoms with E-state index in [1.54, 1.807) is 6.20 Å². The van der Waals surface area contributed by atoms with Crippen LogP contribution in [0.3, 0.4) is 0 Å². The van der Waals surface area contributed by atoms with Crippen molar-refractivity contribution in [2.45, 2.75) is 26.4 Å². The molecule has 0 spiro atoms. The highest BCUT2D eigenvalue weighted by atomic mass is 35.5. The molecule has 0 radical (unpaired) electrons. The van der Waals surface area contributed by atoms with Crippen molar-refractivity contribution in [3.63, 3.8) is 0 Å². The Kier molecular flexibility index (Phi) is 2.52. The molecule has 0 aliphatic carbocycles. The number of nitrogens with zero attached hydrogens (tertiary/aromatic N) is 2. The van der Waals surface area contributed by atoms with E-state index < -0.39 is 0 Å². The summed E-state index contributed by atoms with van der Waals surface area (Å²) >= 11 is 5.79. The van der Waals surface area contributed by atoms with Crippen LogP contribution < -0.4 is 5.73 Å². The quantitative estimate of drug-likeness (QED) is 0.730. The Balaban J connectivity index is 2.79. The van der Waals surface area contributed by atoms with Crippen molar-refractivity contribution in [3.8, 4) is 0 Å². The molecule has 0 amide bonds. The molecule has 1 heterocycles. The van der Waals surface area contributed by atoms with Gasteiger partial charge in [-0.3, -0.25) is 4.68 Å². The van der Waals surface area contributed by atoms with Crippen molar-refractivity contribution in [1.82, 2.24) is 9.78 Å². The number of aromatic nitrogens is 2. The van der Waals surface area contributed by atoms with Gasteiger partial charge in [0.2, 0.25) is 0 Å². The molecule has 0 unspecified atom stereocenters. The first kappa shape index (κ1) is 8.56. The van der Waals surface area contributed by atoms with Gasteiger partial charge in [-0.25, -0.2) is 0 Å². The first-order valence-corrected chi connectivity index (χ1v) is 3.92. The molecule has 11 heavy (non-hydrogen) atoms. The molecular weight excluding hydrogens is 162 g/mol. The number of nitrogens with two attached hydrogens (primary N) is 1. The monoisotopic (exact) mass is 173 g/mol. The molecule has 62 valence electrons. The standard InChI is InChI=1S/C7H12ClN3/c1-5(9)4-11-6(2)7(8)3-10-11/h3,5H,4,9H2,1-2H3/t5-/m0/s1. The third kappa shape index (κ3) is 1.94. The van der Waals surface area contributed by atoms with Gasteiger partial charge >= 0.3 is 0 Å². The van der Waals surface area contributed by atoms with Gasteiger partial charge in [-0.1, -0.05) is 11.6 Å². The molecule has 0 saturated carbocycles. The van der Waals surface area contributed by atoms with Crippen LogP contribution in [0.5, 0.6) is 0 Å². The van der Waals surface area contributed by atoms with Crippen molar-refractivity contribution in [2.75, 3.05) is 0 Å². The number of rotatable bonds is 2. The maximum absolute atomic E-state index is 5.79. The second kappa shape index (κ2) is 3.24. The molecule has 1 rings (SSSR count). The Morgan fingerprint density at radius 2 is 2.45 bits per heavy atom. The molecule has 1 atom stereocenters. The lowest BCUT2D eigenvalue weighted by Crippen LogP contribution is -2.23. The van der Waals surface area contributed by atoms with Gasteiger partial charge < -0.3 is 5.73 Å². The van der Waals surface area contributed by atoms with Crippen molar-refractivity contribution in [1.29, 1.82) is 0 Å². The van der Waals surface area contributed by atoms with E-state index in [2.05, 4.69) is 5.10 Å². The molecule has 1 aromatic heterocycles. The van der Waals surface area contributed by atoms with E-state index in [1.807, 2.05) is 18.5 Å². The zero-order chi connectivity index (χ0) is 8.43. The molecule has 0 aliphatic rings. The van der Waals surface area contributed by atoms with E-state index >= 15 is 0 Å². The normalized spacial score (nSPS) is 13.5. The smallest absolute Gasteiger partial charge is 0.0814 e. The summed E-state index contributed by atoms with van der Waals surface area (Å²) in [5.41, 5.74) is 6.57. The average Bonchev–Trinajstić information content (AvgIpc) is 2.18. The predicted octanol–water partition coefficient (Wildman–Crippen LogP) is 1.19. The lowest BCUT2D eigenvalue weighted by Gasteiger charge is -2.06. The van der Waals surface area contributed by atoms with Crippen LogP contribution in [0.1, 0.15) is 12.6 Å². The van der Waals surface area contributed by atoms with Crippen molar-refractivity contribution >= 4 is 11.6 Å². The fourth-order valence-corrected chi connectivity index (χ4v) is 1.02. The van der Waals surface area contributed by atoms with Gasteiger partial charge in [-0.2, -0.15) is 5.10 Å². The zero-order valence-corrected chi connectivity index (χ0v) is 7.47. The molecule has 2 N–H and O–H groups in total. The van der Waals surface area contributed by atoms with Crippen LogP contribution in [0.2, 0.25) is 5.02 Å². The molecule has 0 bridgehead atoms. The highest BCUT2D eigenvalue weighted by molar-refractivity contribution is 6.31. The molecular formula is C7H12ClN3. The topological polar surface area (TPSA) is 43.8 Å². The van der Waals surface area contributed by atoms with Crippen LogP contribution in [-0.4, -0.2) is 15.8 Å². The van der Waals surface area contributed by atoms with Crippen LogP contribution in [0, 0.1) is 6.92 Å². The Bertz CT molecular complexity index is 242. The van der Waals surface area contributed by atoms with E-state index in [0.29, 0.717) is 5.02 Å². The largest absolute Gasteiger partial charge is 0.326 e. The summed E-state index contributed by atoms with van der Waals surface area (Å²) in [4.78, 5) is 0. The van der Waals surface area contributed by atoms with E-state index in [-0.39, 0.29) is 6.04 Å². The highest BCUT2D eigenvalue weighted by Crippen LogP contribution is 2.12. The molecule has 0 aromatic carbocycles. The van der Waals surface area contributed by atoms with Crippen LogP contribution in [0.25, 0.3) is 0 Å². The summed E-state index contributed by atoms with van der Waals surface area (Å²) in [6.07, 6.45) is 1.64. The fraction of sp³-hybridized carbons (Fsp3) is 0.571. The van der Waals surface area contributed by atoms with Gasteiger partial charge in [0, 0.05) is 6.04 Å². The van der Waals surface area contributed by atoms with Crippen LogP contribution in [0.15, 0.2) is 6.20 Å². The SMILES string of the molecule is Cc1c(Cl)cnn1C[C@H](C)N. The highest BCUT2D eigenvalue weighted by Gasteiger charge is 2.04. The van der Waals surface area contributed by atoms with Crippen LogP contribution >= 0.6 is 11.6 Å². The molecule has 0 aliphatic heterocycles. The predicted molar refractivity (Wildman–Crippen MR) is 45.6 cm³/mol. The summed E-state index contributed by atoms with van der Waals surface area (Å²) < 4.78 is 1.81. The Labute approximate surface area is 71.1 Å². The zero-order valence-electron chi connectivity index (χ0n) is 6.71. The molecule has 0 saturated heterocycles. The van der Waals surface area contributed by atoms with Gasteiger partial charge in [0.05, 0.1) is 23.5 Å². The van der Waals surface area contributed by atoms with Gasteiger partial charge in [0.15, 0.2) is 0 Å². The van der Waals surface area contributed by atoms with Crippen LogP contribution in [-0.2, 0) is 6.54 Å². The van der Waals surface area contributed by atoms with Gasteiger partial charge in [0.25, 0.3) is 0 Å². The Morgan fingerprint density at radius 1 is 1.82 bits per heavy atom. The van der Waals surface area contributed by atoms with Crippen molar-refractivity contribution in [2.24, 2.45) is 5.73 Å². The Morgan fingerprint density at radius 3 is 2.82 bits per heavy atom. The van der Waals surface area contributed by atoms with E-state index in [4.69, 9.17) is 17.3 Å². The summed E-state index contributed by atoms with van der Waals surface area (Å²) in [6.45, 7) is 4.59. The summed E-state index contributed by atoms with van der Waals surface area (Å²) in [5.74, 6) is 0. The minimum absolute atomic E-state index is 0.115. The molecule has 4 heteroatoms. The van der Waals surface area contributed by atoms with Gasteiger partial charge in [0.1, 0.15) is 0 Å². The maximum atomic E-state index is 5.79. The molecule has 0 fully saturated rings. The van der Waals surface area contributed by atoms with E-state index in [1.165, 1.54) is 0 Å². The van der Waals surface area contributed by atoms with Gasteiger partial charge in [-0.05, 0) is 13.8 Å². The van der Waals surface area contributed by atoms with Crippen molar-refractivity contribution < 1.29 is 0 Å². The summed E-state index contributed by atoms with van der Waals surface area (Å²) in [5, 5.41) is 4.76. The van der Waals surface area contributed by atoms with E-state index in [0.717, 1.165) is 12.2 Å². The lowest BCUT2D eigenvalue weighted by molar-refractivity contribution is 0.528. The average molecular weight is 174 g/mol. The number of hydrogen-bond acceptors (Lipinski definition) is 2. The molecule has 1 aromatic rings. The summed E-state index contributed by atoms with van der Waals surface area (Å²) in [6, 6.07) is 0.115. The minimum atomic E-state index is 0.115. The third-order valence-corrected chi connectivity index (χ3v) is 1.88. The summed E-state index contributed by atoms with van der Waals surface area (Å²) in [7, 11) is 0. The van der Waals surface area contributed by atoms with E-state index in [9.17, 15) is 0 Å². The maximum Gasteiger partial charge on any atom is 0.0814 e. The minimum Gasteiger partial charge on any atom is -0.326 e. The second-order valence-corrected chi connectivity index (χ2v) is 3.14. The van der Waals surface area contributed by atoms with Crippen molar-refractivity contribution in [3.05, 3.63) is 16.9 Å². The first-order valence-electron chi connectivity index (χ1n) is 3.54. The van der Waals surface area contributed by atoms with Crippen LogP contribution in [0.4, 0.5) is 0 Å². The number of halogens is 1.